The van der Waals surface area contributed by atoms with Crippen LogP contribution in [-0.2, 0) is 24.3 Å². The third-order valence-corrected chi connectivity index (χ3v) is 4.48. The Morgan fingerprint density at radius 2 is 1.97 bits per heavy atom. The predicted octanol–water partition coefficient (Wildman–Crippen LogP) is 2.48. The van der Waals surface area contributed by atoms with Crippen LogP contribution in [0.5, 0.6) is 5.75 Å². The fraction of sp³-hybridized carbons (Fsp3) is 0.545. The Balaban J connectivity index is 1.69. The van der Waals surface area contributed by atoms with E-state index in [4.69, 9.17) is 4.74 Å². The van der Waals surface area contributed by atoms with Gasteiger partial charge in [-0.05, 0) is 65.3 Å². The van der Waals surface area contributed by atoms with E-state index in [1.54, 1.807) is 0 Å². The number of rotatable bonds is 7. The van der Waals surface area contributed by atoms with E-state index >= 15 is 0 Å². The van der Waals surface area contributed by atoms with Gasteiger partial charge in [0.25, 0.3) is 0 Å². The lowest BCUT2D eigenvalue weighted by atomic mass is 10.1. The first-order chi connectivity index (χ1) is 14.7. The van der Waals surface area contributed by atoms with Gasteiger partial charge in [-0.25, -0.2) is 4.99 Å². The van der Waals surface area contributed by atoms with Gasteiger partial charge in [-0.1, -0.05) is 0 Å². The molecule has 0 atom stereocenters. The minimum absolute atomic E-state index is 0.106. The molecule has 9 nitrogen and oxygen atoms in total. The van der Waals surface area contributed by atoms with E-state index in [1.165, 1.54) is 0 Å². The molecule has 0 spiro atoms. The number of benzene rings is 1. The van der Waals surface area contributed by atoms with Gasteiger partial charge in [-0.15, -0.1) is 10.2 Å². The zero-order valence-electron chi connectivity index (χ0n) is 19.0. The summed E-state index contributed by atoms with van der Waals surface area (Å²) in [6, 6.07) is 7.63. The van der Waals surface area contributed by atoms with Gasteiger partial charge in [0.2, 0.25) is 5.91 Å². The number of ether oxygens (including phenoxy) is 1. The standard InChI is InChI=1S/C22H33N7O2/c1-15(2)31-17-10-8-16(9-11-17)25-21(24-14-20(30)26-22(3,4)5)23-13-19-28-27-18-7-6-12-29(18)19/h8-11,15H,6-7,12-14H2,1-5H3,(H,26,30)(H2,23,24,25). The topological polar surface area (TPSA) is 105 Å². The van der Waals surface area contributed by atoms with Crippen molar-refractivity contribution in [1.82, 2.24) is 25.4 Å². The molecule has 1 aliphatic rings. The molecule has 1 amide bonds. The van der Waals surface area contributed by atoms with Gasteiger partial charge in [-0.3, -0.25) is 4.79 Å². The molecular formula is C22H33N7O2. The molecule has 0 fully saturated rings. The molecule has 0 bridgehead atoms. The fourth-order valence-corrected chi connectivity index (χ4v) is 3.27. The maximum Gasteiger partial charge on any atom is 0.239 e. The smallest absolute Gasteiger partial charge is 0.239 e. The highest BCUT2D eigenvalue weighted by molar-refractivity contribution is 5.96. The van der Waals surface area contributed by atoms with Gasteiger partial charge in [0.05, 0.1) is 12.6 Å². The first-order valence-corrected chi connectivity index (χ1v) is 10.7. The van der Waals surface area contributed by atoms with E-state index in [-0.39, 0.29) is 24.1 Å². The average molecular weight is 428 g/mol. The minimum Gasteiger partial charge on any atom is -0.491 e. The number of hydrogen-bond donors (Lipinski definition) is 3. The molecule has 0 aliphatic carbocycles. The van der Waals surface area contributed by atoms with Gasteiger partial charge in [0.15, 0.2) is 11.8 Å². The number of nitrogens with zero attached hydrogens (tertiary/aromatic N) is 4. The summed E-state index contributed by atoms with van der Waals surface area (Å²) in [7, 11) is 0. The van der Waals surface area contributed by atoms with Crippen molar-refractivity contribution < 1.29 is 9.53 Å². The highest BCUT2D eigenvalue weighted by Crippen LogP contribution is 2.17. The number of amides is 1. The van der Waals surface area contributed by atoms with Crippen molar-refractivity contribution in [2.24, 2.45) is 4.99 Å². The Kier molecular flexibility index (Phi) is 7.14. The van der Waals surface area contributed by atoms with Crippen LogP contribution in [0.1, 0.15) is 52.7 Å². The summed E-state index contributed by atoms with van der Waals surface area (Å²) in [5, 5.41) is 17.8. The summed E-state index contributed by atoms with van der Waals surface area (Å²) in [4.78, 5) is 16.9. The van der Waals surface area contributed by atoms with Crippen molar-refractivity contribution in [1.29, 1.82) is 0 Å². The van der Waals surface area contributed by atoms with Gasteiger partial charge < -0.3 is 25.3 Å². The number of aliphatic imine (C=N–C) groups is 1. The van der Waals surface area contributed by atoms with Gasteiger partial charge in [0.1, 0.15) is 18.1 Å². The van der Waals surface area contributed by atoms with E-state index in [0.29, 0.717) is 12.5 Å². The molecule has 1 aliphatic heterocycles. The lowest BCUT2D eigenvalue weighted by Gasteiger charge is -2.21. The first-order valence-electron chi connectivity index (χ1n) is 10.7. The molecule has 0 unspecified atom stereocenters. The molecule has 3 rings (SSSR count). The SMILES string of the molecule is CC(C)Oc1ccc(NC(=NCc2nnc3n2CCC3)NCC(=O)NC(C)(C)C)cc1. The summed E-state index contributed by atoms with van der Waals surface area (Å²) in [6.45, 7) is 11.2. The van der Waals surface area contributed by atoms with Crippen LogP contribution < -0.4 is 20.7 Å². The molecule has 1 aromatic heterocycles. The summed E-state index contributed by atoms with van der Waals surface area (Å²) < 4.78 is 7.81. The van der Waals surface area contributed by atoms with Crippen LogP contribution in [0.2, 0.25) is 0 Å². The number of guanidine groups is 1. The van der Waals surface area contributed by atoms with Crippen molar-refractivity contribution >= 4 is 17.6 Å². The number of carbonyl (C=O) groups excluding carboxylic acids is 1. The third-order valence-electron chi connectivity index (χ3n) is 4.48. The van der Waals surface area contributed by atoms with E-state index in [0.717, 1.165) is 42.5 Å². The molecule has 1 aromatic carbocycles. The fourth-order valence-electron chi connectivity index (χ4n) is 3.27. The van der Waals surface area contributed by atoms with Crippen LogP contribution in [0.4, 0.5) is 5.69 Å². The average Bonchev–Trinajstić information content (AvgIpc) is 3.28. The minimum atomic E-state index is -0.294. The largest absolute Gasteiger partial charge is 0.491 e. The second kappa shape index (κ2) is 9.80. The van der Waals surface area contributed by atoms with Crippen molar-refractivity contribution in [2.75, 3.05) is 11.9 Å². The number of nitrogens with one attached hydrogen (secondary N) is 3. The van der Waals surface area contributed by atoms with Crippen molar-refractivity contribution in [3.05, 3.63) is 35.9 Å². The summed E-state index contributed by atoms with van der Waals surface area (Å²) in [5.41, 5.74) is 0.544. The van der Waals surface area contributed by atoms with Gasteiger partial charge in [0, 0.05) is 24.2 Å². The van der Waals surface area contributed by atoms with E-state index in [1.807, 2.05) is 58.9 Å². The number of carbonyl (C=O) groups is 1. The second-order valence-electron chi connectivity index (χ2n) is 8.92. The Morgan fingerprint density at radius 1 is 1.23 bits per heavy atom. The monoisotopic (exact) mass is 427 g/mol. The Bertz CT molecular complexity index is 911. The number of fused-ring (bicyclic) bond motifs is 1. The Hall–Kier alpha value is -3.10. The molecule has 0 radical (unpaired) electrons. The van der Waals surface area contributed by atoms with Crippen molar-refractivity contribution in [3.8, 4) is 5.75 Å². The summed E-state index contributed by atoms with van der Waals surface area (Å²) in [5.74, 6) is 3.03. The summed E-state index contributed by atoms with van der Waals surface area (Å²) >= 11 is 0. The number of aromatic nitrogens is 3. The zero-order chi connectivity index (χ0) is 22.4. The number of anilines is 1. The van der Waals surface area contributed by atoms with Crippen LogP contribution in [0.25, 0.3) is 0 Å². The molecule has 3 N–H and O–H groups in total. The quantitative estimate of drug-likeness (QED) is 0.463. The lowest BCUT2D eigenvalue weighted by molar-refractivity contribution is -0.121. The summed E-state index contributed by atoms with van der Waals surface area (Å²) in [6.07, 6.45) is 2.16. The molecule has 0 saturated carbocycles. The molecule has 9 heteroatoms. The van der Waals surface area contributed by atoms with Crippen LogP contribution >= 0.6 is 0 Å². The molecule has 0 saturated heterocycles. The molecule has 168 valence electrons. The van der Waals surface area contributed by atoms with Gasteiger partial charge in [-0.2, -0.15) is 0 Å². The Morgan fingerprint density at radius 3 is 2.65 bits per heavy atom. The van der Waals surface area contributed by atoms with E-state index in [2.05, 4.69) is 35.7 Å². The maximum atomic E-state index is 12.2. The Labute approximate surface area is 183 Å². The van der Waals surface area contributed by atoms with Crippen molar-refractivity contribution in [3.63, 3.8) is 0 Å². The first kappa shape index (κ1) is 22.6. The third kappa shape index (κ3) is 6.97. The lowest BCUT2D eigenvalue weighted by Crippen LogP contribution is -2.46. The van der Waals surface area contributed by atoms with E-state index < -0.39 is 0 Å². The molecular weight excluding hydrogens is 394 g/mol. The van der Waals surface area contributed by atoms with Gasteiger partial charge >= 0.3 is 0 Å². The normalized spacial score (nSPS) is 13.8. The molecule has 31 heavy (non-hydrogen) atoms. The highest BCUT2D eigenvalue weighted by atomic mass is 16.5. The predicted molar refractivity (Wildman–Crippen MR) is 121 cm³/mol. The molecule has 2 heterocycles. The molecule has 2 aromatic rings. The van der Waals surface area contributed by atoms with Crippen LogP contribution in [0.3, 0.4) is 0 Å². The number of hydrogen-bond acceptors (Lipinski definition) is 5. The second-order valence-corrected chi connectivity index (χ2v) is 8.92. The van der Waals surface area contributed by atoms with Crippen LogP contribution in [-0.4, -0.2) is 44.8 Å². The number of aryl methyl sites for hydroxylation is 1. The van der Waals surface area contributed by atoms with Crippen molar-refractivity contribution in [2.45, 2.75) is 72.2 Å². The zero-order valence-corrected chi connectivity index (χ0v) is 19.0. The van der Waals surface area contributed by atoms with Crippen LogP contribution in [0.15, 0.2) is 29.3 Å². The van der Waals surface area contributed by atoms with Crippen LogP contribution in [0, 0.1) is 0 Å². The highest BCUT2D eigenvalue weighted by Gasteiger charge is 2.17. The maximum absolute atomic E-state index is 12.2. The van der Waals surface area contributed by atoms with E-state index in [9.17, 15) is 4.79 Å².